The SMILES string of the molecule is Nc1ccccc1NCCCC(=O)NC1CC1. The number of hydrogen-bond acceptors (Lipinski definition) is 3. The molecule has 1 aliphatic rings. The number of nitrogens with one attached hydrogen (secondary N) is 2. The van der Waals surface area contributed by atoms with Crippen molar-refractivity contribution in [1.29, 1.82) is 0 Å². The maximum atomic E-state index is 11.4. The fraction of sp³-hybridized carbons (Fsp3) is 0.462. The van der Waals surface area contributed by atoms with E-state index in [1.54, 1.807) is 0 Å². The molecule has 92 valence electrons. The zero-order chi connectivity index (χ0) is 12.1. The maximum absolute atomic E-state index is 11.4. The van der Waals surface area contributed by atoms with Crippen LogP contribution in [0.25, 0.3) is 0 Å². The predicted molar refractivity (Wildman–Crippen MR) is 69.7 cm³/mol. The van der Waals surface area contributed by atoms with Crippen LogP contribution in [0.3, 0.4) is 0 Å². The highest BCUT2D eigenvalue weighted by Gasteiger charge is 2.22. The number of rotatable bonds is 6. The van der Waals surface area contributed by atoms with Crippen molar-refractivity contribution in [3.8, 4) is 0 Å². The average Bonchev–Trinajstić information content (AvgIpc) is 3.10. The van der Waals surface area contributed by atoms with Crippen LogP contribution in [-0.2, 0) is 4.79 Å². The summed E-state index contributed by atoms with van der Waals surface area (Å²) in [4.78, 5) is 11.4. The second-order valence-electron chi connectivity index (χ2n) is 4.46. The zero-order valence-electron chi connectivity index (χ0n) is 9.91. The minimum atomic E-state index is 0.162. The van der Waals surface area contributed by atoms with Crippen LogP contribution in [0, 0.1) is 0 Å². The van der Waals surface area contributed by atoms with Gasteiger partial charge >= 0.3 is 0 Å². The Morgan fingerprint density at radius 3 is 2.82 bits per heavy atom. The summed E-state index contributed by atoms with van der Waals surface area (Å²) in [5, 5.41) is 6.20. The van der Waals surface area contributed by atoms with Gasteiger partial charge in [0.25, 0.3) is 0 Å². The lowest BCUT2D eigenvalue weighted by Crippen LogP contribution is -2.25. The average molecular weight is 233 g/mol. The van der Waals surface area contributed by atoms with Crippen LogP contribution in [0.2, 0.25) is 0 Å². The highest BCUT2D eigenvalue weighted by atomic mass is 16.1. The summed E-state index contributed by atoms with van der Waals surface area (Å²) in [6.45, 7) is 0.770. The highest BCUT2D eigenvalue weighted by molar-refractivity contribution is 5.76. The van der Waals surface area contributed by atoms with Crippen molar-refractivity contribution in [2.45, 2.75) is 31.7 Å². The van der Waals surface area contributed by atoms with Crippen LogP contribution in [0.1, 0.15) is 25.7 Å². The number of para-hydroxylation sites is 2. The van der Waals surface area contributed by atoms with Crippen LogP contribution in [0.5, 0.6) is 0 Å². The molecule has 17 heavy (non-hydrogen) atoms. The number of benzene rings is 1. The third-order valence-electron chi connectivity index (χ3n) is 2.80. The Hall–Kier alpha value is -1.71. The molecule has 4 nitrogen and oxygen atoms in total. The van der Waals surface area contributed by atoms with E-state index >= 15 is 0 Å². The molecule has 1 aromatic rings. The Morgan fingerprint density at radius 2 is 2.12 bits per heavy atom. The minimum Gasteiger partial charge on any atom is -0.397 e. The number of nitrogen functional groups attached to an aromatic ring is 1. The molecule has 0 saturated heterocycles. The molecular formula is C13H19N3O. The van der Waals surface area contributed by atoms with Crippen molar-refractivity contribution < 1.29 is 4.79 Å². The van der Waals surface area contributed by atoms with Crippen molar-refractivity contribution in [1.82, 2.24) is 5.32 Å². The monoisotopic (exact) mass is 233 g/mol. The molecule has 0 spiro atoms. The Labute approximate surface area is 102 Å². The predicted octanol–water partition coefficient (Wildman–Crippen LogP) is 1.74. The van der Waals surface area contributed by atoms with Crippen LogP contribution in [-0.4, -0.2) is 18.5 Å². The Bertz CT molecular complexity index is 388. The summed E-state index contributed by atoms with van der Waals surface area (Å²) in [5.74, 6) is 0.162. The molecule has 0 atom stereocenters. The van der Waals surface area contributed by atoms with Gasteiger partial charge in [0.05, 0.1) is 11.4 Å². The number of anilines is 2. The van der Waals surface area contributed by atoms with E-state index in [9.17, 15) is 4.79 Å². The summed E-state index contributed by atoms with van der Waals surface area (Å²) in [7, 11) is 0. The number of carbonyl (C=O) groups is 1. The van der Waals surface area contributed by atoms with Crippen molar-refractivity contribution in [3.63, 3.8) is 0 Å². The van der Waals surface area contributed by atoms with Crippen molar-refractivity contribution in [2.75, 3.05) is 17.6 Å². The van der Waals surface area contributed by atoms with Gasteiger partial charge in [0, 0.05) is 19.0 Å². The van der Waals surface area contributed by atoms with E-state index in [4.69, 9.17) is 5.73 Å². The largest absolute Gasteiger partial charge is 0.397 e. The Morgan fingerprint density at radius 1 is 1.35 bits per heavy atom. The molecule has 0 radical (unpaired) electrons. The Balaban J connectivity index is 1.62. The van der Waals surface area contributed by atoms with Gasteiger partial charge in [-0.3, -0.25) is 4.79 Å². The molecule has 1 aromatic carbocycles. The van der Waals surface area contributed by atoms with Crippen molar-refractivity contribution in [2.24, 2.45) is 0 Å². The van der Waals surface area contributed by atoms with E-state index in [2.05, 4.69) is 10.6 Å². The van der Waals surface area contributed by atoms with Crippen molar-refractivity contribution in [3.05, 3.63) is 24.3 Å². The molecule has 4 heteroatoms. The molecule has 0 aliphatic heterocycles. The Kier molecular flexibility index (Phi) is 3.85. The fourth-order valence-electron chi connectivity index (χ4n) is 1.66. The molecule has 0 bridgehead atoms. The number of hydrogen-bond donors (Lipinski definition) is 3. The molecule has 0 aromatic heterocycles. The molecule has 1 saturated carbocycles. The number of nitrogens with two attached hydrogens (primary N) is 1. The third kappa shape index (κ3) is 3.98. The number of carbonyl (C=O) groups excluding carboxylic acids is 1. The van der Waals surface area contributed by atoms with Crippen LogP contribution >= 0.6 is 0 Å². The van der Waals surface area contributed by atoms with Gasteiger partial charge in [0.15, 0.2) is 0 Å². The summed E-state index contributed by atoms with van der Waals surface area (Å²) in [6.07, 6.45) is 3.69. The van der Waals surface area contributed by atoms with Crippen LogP contribution < -0.4 is 16.4 Å². The van der Waals surface area contributed by atoms with Gasteiger partial charge in [0.2, 0.25) is 5.91 Å². The maximum Gasteiger partial charge on any atom is 0.220 e. The van der Waals surface area contributed by atoms with E-state index in [0.29, 0.717) is 12.5 Å². The second-order valence-corrected chi connectivity index (χ2v) is 4.46. The summed E-state index contributed by atoms with van der Waals surface area (Å²) < 4.78 is 0. The lowest BCUT2D eigenvalue weighted by Gasteiger charge is -2.08. The van der Waals surface area contributed by atoms with Gasteiger partial charge in [-0.15, -0.1) is 0 Å². The topological polar surface area (TPSA) is 67.1 Å². The standard InChI is InChI=1S/C13H19N3O/c14-11-4-1-2-5-12(11)15-9-3-6-13(17)16-10-7-8-10/h1-2,4-5,10,15H,3,6-9,14H2,(H,16,17). The number of amides is 1. The summed E-state index contributed by atoms with van der Waals surface area (Å²) in [5.41, 5.74) is 7.48. The summed E-state index contributed by atoms with van der Waals surface area (Å²) in [6, 6.07) is 8.12. The molecular weight excluding hydrogens is 214 g/mol. The first-order valence-corrected chi connectivity index (χ1v) is 6.13. The van der Waals surface area contributed by atoms with E-state index < -0.39 is 0 Å². The lowest BCUT2D eigenvalue weighted by molar-refractivity contribution is -0.121. The molecule has 1 fully saturated rings. The van der Waals surface area contributed by atoms with E-state index in [1.807, 2.05) is 24.3 Å². The van der Waals surface area contributed by atoms with Crippen LogP contribution in [0.4, 0.5) is 11.4 Å². The molecule has 4 N–H and O–H groups in total. The first-order valence-electron chi connectivity index (χ1n) is 6.13. The normalized spacial score (nSPS) is 14.4. The highest BCUT2D eigenvalue weighted by Crippen LogP contribution is 2.19. The minimum absolute atomic E-state index is 0.162. The van der Waals surface area contributed by atoms with Gasteiger partial charge in [0.1, 0.15) is 0 Å². The summed E-state index contributed by atoms with van der Waals surface area (Å²) >= 11 is 0. The van der Waals surface area contributed by atoms with E-state index in [1.165, 1.54) is 0 Å². The first kappa shape index (κ1) is 11.8. The smallest absolute Gasteiger partial charge is 0.220 e. The van der Waals surface area contributed by atoms with Gasteiger partial charge < -0.3 is 16.4 Å². The quantitative estimate of drug-likeness (QED) is 0.518. The van der Waals surface area contributed by atoms with E-state index in [0.717, 1.165) is 37.2 Å². The first-order chi connectivity index (χ1) is 8.25. The van der Waals surface area contributed by atoms with Gasteiger partial charge in [-0.25, -0.2) is 0 Å². The molecule has 1 amide bonds. The lowest BCUT2D eigenvalue weighted by atomic mass is 10.2. The van der Waals surface area contributed by atoms with E-state index in [-0.39, 0.29) is 5.91 Å². The molecule has 1 aliphatic carbocycles. The second kappa shape index (κ2) is 5.57. The molecule has 2 rings (SSSR count). The van der Waals surface area contributed by atoms with Crippen molar-refractivity contribution >= 4 is 17.3 Å². The molecule has 0 unspecified atom stereocenters. The van der Waals surface area contributed by atoms with Gasteiger partial charge in [-0.05, 0) is 31.4 Å². The van der Waals surface area contributed by atoms with Gasteiger partial charge in [-0.1, -0.05) is 12.1 Å². The van der Waals surface area contributed by atoms with Crippen LogP contribution in [0.15, 0.2) is 24.3 Å². The third-order valence-corrected chi connectivity index (χ3v) is 2.80. The zero-order valence-corrected chi connectivity index (χ0v) is 9.91. The fourth-order valence-corrected chi connectivity index (χ4v) is 1.66. The molecule has 0 heterocycles. The van der Waals surface area contributed by atoms with Gasteiger partial charge in [-0.2, -0.15) is 0 Å².